The average molecular weight is 231 g/mol. The fourth-order valence-corrected chi connectivity index (χ4v) is 1.57. The lowest BCUT2D eigenvalue weighted by Gasteiger charge is -2.15. The molecule has 0 spiro atoms. The minimum absolute atomic E-state index is 0.185. The Morgan fingerprint density at radius 3 is 2.65 bits per heavy atom. The molecule has 0 fully saturated rings. The van der Waals surface area contributed by atoms with Gasteiger partial charge < -0.3 is 10.2 Å². The first kappa shape index (κ1) is 11.4. The van der Waals surface area contributed by atoms with Crippen LogP contribution >= 0.6 is 0 Å². The van der Waals surface area contributed by atoms with E-state index in [-0.39, 0.29) is 6.04 Å². The van der Waals surface area contributed by atoms with Crippen molar-refractivity contribution in [3.8, 4) is 0 Å². The normalized spacial score (nSPS) is 12.2. The van der Waals surface area contributed by atoms with Crippen LogP contribution in [0.2, 0.25) is 0 Å². The van der Waals surface area contributed by atoms with E-state index in [0.717, 1.165) is 17.2 Å². The third kappa shape index (κ3) is 2.75. The van der Waals surface area contributed by atoms with E-state index in [9.17, 15) is 0 Å². The van der Waals surface area contributed by atoms with Crippen LogP contribution in [0.1, 0.15) is 18.7 Å². The Balaban J connectivity index is 2.04. The molecular weight excluding hydrogens is 214 g/mol. The summed E-state index contributed by atoms with van der Waals surface area (Å²) < 4.78 is 0. The lowest BCUT2D eigenvalue weighted by Crippen LogP contribution is -2.11. The Morgan fingerprint density at radius 2 is 2.12 bits per heavy atom. The maximum absolute atomic E-state index is 4.35. The molecule has 2 aromatic rings. The van der Waals surface area contributed by atoms with Gasteiger partial charge in [-0.15, -0.1) is 0 Å². The lowest BCUT2D eigenvalue weighted by molar-refractivity contribution is 0.824. The van der Waals surface area contributed by atoms with E-state index in [4.69, 9.17) is 0 Å². The summed E-state index contributed by atoms with van der Waals surface area (Å²) in [5.74, 6) is 0.949. The molecule has 0 radical (unpaired) electrons. The number of aromatic nitrogens is 3. The van der Waals surface area contributed by atoms with E-state index < -0.39 is 0 Å². The van der Waals surface area contributed by atoms with Gasteiger partial charge in [-0.05, 0) is 25.1 Å². The van der Waals surface area contributed by atoms with Gasteiger partial charge >= 0.3 is 0 Å². The van der Waals surface area contributed by atoms with Crippen LogP contribution < -0.4 is 10.2 Å². The second-order valence-electron chi connectivity index (χ2n) is 4.18. The first-order valence-corrected chi connectivity index (χ1v) is 5.56. The van der Waals surface area contributed by atoms with E-state index >= 15 is 0 Å². The van der Waals surface area contributed by atoms with Crippen LogP contribution in [0.5, 0.6) is 0 Å². The monoisotopic (exact) mass is 231 g/mol. The Labute approximate surface area is 101 Å². The molecule has 2 rings (SSSR count). The van der Waals surface area contributed by atoms with Crippen LogP contribution in [0, 0.1) is 0 Å². The molecule has 0 saturated carbocycles. The largest absolute Gasteiger partial charge is 0.376 e. The topological polar surface area (TPSA) is 56.8 Å². The number of nitrogens with zero attached hydrogens (tertiary/aromatic N) is 3. The van der Waals surface area contributed by atoms with Crippen LogP contribution in [-0.2, 0) is 0 Å². The van der Waals surface area contributed by atoms with Crippen LogP contribution in [0.25, 0.3) is 0 Å². The number of hydrogen-bond donors (Lipinski definition) is 2. The Hall–Kier alpha value is -2.04. The Morgan fingerprint density at radius 1 is 1.29 bits per heavy atom. The molecule has 1 unspecified atom stereocenters. The number of H-pyrrole nitrogens is 1. The highest BCUT2D eigenvalue weighted by Gasteiger charge is 2.06. The fourth-order valence-electron chi connectivity index (χ4n) is 1.57. The van der Waals surface area contributed by atoms with Crippen molar-refractivity contribution >= 4 is 11.5 Å². The molecule has 0 bridgehead atoms. The molecule has 0 aliphatic carbocycles. The van der Waals surface area contributed by atoms with Gasteiger partial charge in [0.15, 0.2) is 0 Å². The zero-order valence-corrected chi connectivity index (χ0v) is 10.3. The van der Waals surface area contributed by atoms with Crippen LogP contribution in [0.3, 0.4) is 0 Å². The third-order valence-electron chi connectivity index (χ3n) is 2.58. The first-order valence-electron chi connectivity index (χ1n) is 5.56. The van der Waals surface area contributed by atoms with Gasteiger partial charge in [-0.3, -0.25) is 5.10 Å². The summed E-state index contributed by atoms with van der Waals surface area (Å²) in [6.07, 6.45) is 3.59. The second-order valence-corrected chi connectivity index (χ2v) is 4.18. The van der Waals surface area contributed by atoms with E-state index in [2.05, 4.69) is 27.4 Å². The van der Waals surface area contributed by atoms with E-state index in [1.165, 1.54) is 0 Å². The molecule has 90 valence electrons. The molecule has 2 N–H and O–H groups in total. The summed E-state index contributed by atoms with van der Waals surface area (Å²) in [4.78, 5) is 6.32. The molecule has 5 nitrogen and oxygen atoms in total. The third-order valence-corrected chi connectivity index (χ3v) is 2.58. The predicted molar refractivity (Wildman–Crippen MR) is 69.2 cm³/mol. The number of hydrogen-bond acceptors (Lipinski definition) is 4. The summed E-state index contributed by atoms with van der Waals surface area (Å²) in [7, 11) is 3.95. The van der Waals surface area contributed by atoms with Gasteiger partial charge in [0.2, 0.25) is 0 Å². The molecule has 2 heterocycles. The molecular formula is C12H17N5. The number of pyridine rings is 1. The minimum atomic E-state index is 0.185. The molecule has 0 aromatic carbocycles. The maximum Gasteiger partial charge on any atom is 0.128 e. The van der Waals surface area contributed by atoms with Crippen molar-refractivity contribution < 1.29 is 0 Å². The highest BCUT2D eigenvalue weighted by molar-refractivity contribution is 5.48. The van der Waals surface area contributed by atoms with Crippen molar-refractivity contribution in [3.63, 3.8) is 0 Å². The van der Waals surface area contributed by atoms with Gasteiger partial charge in [0, 0.05) is 20.3 Å². The SMILES string of the molecule is CC(Nc1ccc(N(C)C)nc1)c1ccn[nH]1. The van der Waals surface area contributed by atoms with E-state index in [1.807, 2.05) is 43.4 Å². The van der Waals surface area contributed by atoms with Crippen molar-refractivity contribution in [1.29, 1.82) is 0 Å². The van der Waals surface area contributed by atoms with Crippen molar-refractivity contribution in [3.05, 3.63) is 36.3 Å². The number of anilines is 2. The lowest BCUT2D eigenvalue weighted by atomic mass is 10.2. The highest BCUT2D eigenvalue weighted by atomic mass is 15.1. The molecule has 0 aliphatic heterocycles. The minimum Gasteiger partial charge on any atom is -0.376 e. The van der Waals surface area contributed by atoms with Gasteiger partial charge in [0.25, 0.3) is 0 Å². The van der Waals surface area contributed by atoms with Crippen LogP contribution in [0.4, 0.5) is 11.5 Å². The molecule has 2 aromatic heterocycles. The number of aromatic amines is 1. The molecule has 0 aliphatic rings. The fraction of sp³-hybridized carbons (Fsp3) is 0.333. The van der Waals surface area contributed by atoms with Gasteiger partial charge in [-0.1, -0.05) is 0 Å². The second kappa shape index (κ2) is 4.86. The van der Waals surface area contributed by atoms with Gasteiger partial charge in [0.1, 0.15) is 5.82 Å². The zero-order chi connectivity index (χ0) is 12.3. The van der Waals surface area contributed by atoms with Crippen molar-refractivity contribution in [2.24, 2.45) is 0 Å². The summed E-state index contributed by atoms with van der Waals surface area (Å²) in [6, 6.07) is 6.15. The quantitative estimate of drug-likeness (QED) is 0.845. The number of rotatable bonds is 4. The summed E-state index contributed by atoms with van der Waals surface area (Å²) in [5, 5.41) is 10.2. The van der Waals surface area contributed by atoms with Crippen LogP contribution in [0.15, 0.2) is 30.6 Å². The van der Waals surface area contributed by atoms with Gasteiger partial charge in [0.05, 0.1) is 23.6 Å². The van der Waals surface area contributed by atoms with E-state index in [0.29, 0.717) is 0 Å². The van der Waals surface area contributed by atoms with Crippen molar-refractivity contribution in [1.82, 2.24) is 15.2 Å². The molecule has 0 amide bonds. The molecule has 1 atom stereocenters. The summed E-state index contributed by atoms with van der Waals surface area (Å²) in [6.45, 7) is 2.08. The van der Waals surface area contributed by atoms with Crippen molar-refractivity contribution in [2.45, 2.75) is 13.0 Å². The van der Waals surface area contributed by atoms with Gasteiger partial charge in [-0.2, -0.15) is 5.10 Å². The molecule has 5 heteroatoms. The van der Waals surface area contributed by atoms with Crippen LogP contribution in [-0.4, -0.2) is 29.3 Å². The Kier molecular flexibility index (Phi) is 3.27. The predicted octanol–water partition coefficient (Wildman–Crippen LogP) is 2.04. The standard InChI is InChI=1S/C12H17N5/c1-9(11-6-7-14-16-11)15-10-4-5-12(13-8-10)17(2)3/h4-9,15H,1-3H3,(H,14,16). The molecule has 17 heavy (non-hydrogen) atoms. The first-order chi connectivity index (χ1) is 8.16. The highest BCUT2D eigenvalue weighted by Crippen LogP contribution is 2.18. The Bertz CT molecular complexity index is 446. The summed E-state index contributed by atoms with van der Waals surface area (Å²) in [5.41, 5.74) is 2.05. The maximum atomic E-state index is 4.35. The zero-order valence-electron chi connectivity index (χ0n) is 10.3. The molecule has 0 saturated heterocycles. The van der Waals surface area contributed by atoms with Gasteiger partial charge in [-0.25, -0.2) is 4.98 Å². The van der Waals surface area contributed by atoms with Crippen molar-refractivity contribution in [2.75, 3.05) is 24.3 Å². The average Bonchev–Trinajstić information content (AvgIpc) is 2.83. The smallest absolute Gasteiger partial charge is 0.128 e. The number of nitrogens with one attached hydrogen (secondary N) is 2. The van der Waals surface area contributed by atoms with E-state index in [1.54, 1.807) is 6.20 Å². The summed E-state index contributed by atoms with van der Waals surface area (Å²) >= 11 is 0.